The van der Waals surface area contributed by atoms with Crippen LogP contribution < -0.4 is 10.6 Å². The Labute approximate surface area is 123 Å². The molecule has 0 aliphatic carbocycles. The second-order valence-electron chi connectivity index (χ2n) is 5.17. The first-order chi connectivity index (χ1) is 10.3. The molecule has 1 saturated heterocycles. The molecule has 0 saturated carbocycles. The summed E-state index contributed by atoms with van der Waals surface area (Å²) in [4.78, 5) is 16.7. The molecule has 0 spiro atoms. The van der Waals surface area contributed by atoms with Gasteiger partial charge >= 0.3 is 0 Å². The quantitative estimate of drug-likeness (QED) is 0.904. The van der Waals surface area contributed by atoms with Crippen molar-refractivity contribution in [3.8, 4) is 0 Å². The Morgan fingerprint density at radius 3 is 3.05 bits per heavy atom. The number of benzene rings is 1. The minimum Gasteiger partial charge on any atom is -0.388 e. The number of nitrogens with one attached hydrogen (secondary N) is 2. The molecule has 0 radical (unpaired) electrons. The topological polar surface area (TPSA) is 63.2 Å². The molecular formula is C16H19N3O2. The second-order valence-corrected chi connectivity index (χ2v) is 5.17. The van der Waals surface area contributed by atoms with Gasteiger partial charge < -0.3 is 15.4 Å². The minimum absolute atomic E-state index is 0.137. The monoisotopic (exact) mass is 285 g/mol. The number of amides is 1. The van der Waals surface area contributed by atoms with E-state index in [1.54, 1.807) is 6.07 Å². The lowest BCUT2D eigenvalue weighted by molar-refractivity contribution is 0.0854. The fourth-order valence-corrected chi connectivity index (χ4v) is 2.60. The van der Waals surface area contributed by atoms with E-state index in [2.05, 4.69) is 15.6 Å². The van der Waals surface area contributed by atoms with E-state index in [9.17, 15) is 4.79 Å². The number of pyridine rings is 1. The van der Waals surface area contributed by atoms with Crippen molar-refractivity contribution in [2.24, 2.45) is 0 Å². The van der Waals surface area contributed by atoms with Gasteiger partial charge in [0.05, 0.1) is 11.6 Å². The Bertz CT molecular complexity index is 651. The van der Waals surface area contributed by atoms with Crippen LogP contribution in [-0.2, 0) is 4.74 Å². The number of rotatable bonds is 4. The van der Waals surface area contributed by atoms with Gasteiger partial charge in [0.15, 0.2) is 0 Å². The minimum atomic E-state index is -0.159. The molecule has 1 aliphatic rings. The summed E-state index contributed by atoms with van der Waals surface area (Å²) in [6.07, 6.45) is 2.21. The van der Waals surface area contributed by atoms with Crippen LogP contribution in [-0.4, -0.2) is 37.2 Å². The molecule has 2 heterocycles. The SMILES string of the molecule is CNc1cc(C(=O)NCC2CCCO2)nc2ccccc12. The molecule has 110 valence electrons. The van der Waals surface area contributed by atoms with Crippen LogP contribution in [0.3, 0.4) is 0 Å². The number of fused-ring (bicyclic) bond motifs is 1. The molecule has 0 bridgehead atoms. The molecule has 1 aromatic heterocycles. The molecule has 1 amide bonds. The van der Waals surface area contributed by atoms with Gasteiger partial charge in [-0.1, -0.05) is 18.2 Å². The number of carbonyl (C=O) groups excluding carboxylic acids is 1. The first-order valence-electron chi connectivity index (χ1n) is 7.25. The third kappa shape index (κ3) is 2.97. The van der Waals surface area contributed by atoms with Crippen molar-refractivity contribution in [1.82, 2.24) is 10.3 Å². The molecule has 3 rings (SSSR count). The zero-order chi connectivity index (χ0) is 14.7. The molecule has 1 fully saturated rings. The summed E-state index contributed by atoms with van der Waals surface area (Å²) in [5.74, 6) is -0.159. The van der Waals surface area contributed by atoms with Gasteiger partial charge in [0.25, 0.3) is 5.91 Å². The van der Waals surface area contributed by atoms with Gasteiger partial charge in [-0.25, -0.2) is 4.98 Å². The van der Waals surface area contributed by atoms with E-state index < -0.39 is 0 Å². The lowest BCUT2D eigenvalue weighted by atomic mass is 10.1. The number of ether oxygens (including phenoxy) is 1. The number of anilines is 1. The Balaban J connectivity index is 1.80. The van der Waals surface area contributed by atoms with Crippen LogP contribution in [0.1, 0.15) is 23.3 Å². The number of para-hydroxylation sites is 1. The van der Waals surface area contributed by atoms with Crippen molar-refractivity contribution in [1.29, 1.82) is 0 Å². The number of nitrogens with zero attached hydrogens (tertiary/aromatic N) is 1. The Morgan fingerprint density at radius 1 is 1.43 bits per heavy atom. The van der Waals surface area contributed by atoms with Crippen molar-refractivity contribution < 1.29 is 9.53 Å². The van der Waals surface area contributed by atoms with Gasteiger partial charge in [0.2, 0.25) is 0 Å². The van der Waals surface area contributed by atoms with Crippen molar-refractivity contribution in [2.75, 3.05) is 25.5 Å². The predicted octanol–water partition coefficient (Wildman–Crippen LogP) is 2.19. The van der Waals surface area contributed by atoms with E-state index in [1.807, 2.05) is 31.3 Å². The molecule has 2 N–H and O–H groups in total. The van der Waals surface area contributed by atoms with Crippen LogP contribution in [0.4, 0.5) is 5.69 Å². The standard InChI is InChI=1S/C16H19N3O2/c1-17-14-9-15(19-13-7-3-2-6-12(13)14)16(20)18-10-11-5-4-8-21-11/h2-3,6-7,9,11H,4-5,8,10H2,1H3,(H,17,19)(H,18,20). The highest BCUT2D eigenvalue weighted by Gasteiger charge is 2.17. The highest BCUT2D eigenvalue weighted by molar-refractivity contribution is 5.99. The Kier molecular flexibility index (Phi) is 4.01. The van der Waals surface area contributed by atoms with E-state index >= 15 is 0 Å². The van der Waals surface area contributed by atoms with Crippen LogP contribution in [0.5, 0.6) is 0 Å². The lowest BCUT2D eigenvalue weighted by Crippen LogP contribution is -2.32. The fourth-order valence-electron chi connectivity index (χ4n) is 2.60. The zero-order valence-corrected chi connectivity index (χ0v) is 12.1. The van der Waals surface area contributed by atoms with Crippen LogP contribution >= 0.6 is 0 Å². The van der Waals surface area contributed by atoms with Crippen LogP contribution in [0.15, 0.2) is 30.3 Å². The fraction of sp³-hybridized carbons (Fsp3) is 0.375. The molecule has 5 heteroatoms. The van der Waals surface area contributed by atoms with Gasteiger partial charge in [-0.05, 0) is 25.0 Å². The maximum absolute atomic E-state index is 12.3. The van der Waals surface area contributed by atoms with Crippen molar-refractivity contribution in [3.05, 3.63) is 36.0 Å². The molecule has 1 aromatic carbocycles. The maximum atomic E-state index is 12.3. The highest BCUT2D eigenvalue weighted by Crippen LogP contribution is 2.22. The molecule has 21 heavy (non-hydrogen) atoms. The Morgan fingerprint density at radius 2 is 2.29 bits per heavy atom. The number of carbonyl (C=O) groups is 1. The van der Waals surface area contributed by atoms with Crippen LogP contribution in [0.25, 0.3) is 10.9 Å². The molecule has 1 aliphatic heterocycles. The summed E-state index contributed by atoms with van der Waals surface area (Å²) in [6.45, 7) is 1.33. The average molecular weight is 285 g/mol. The average Bonchev–Trinajstić information content (AvgIpc) is 3.04. The van der Waals surface area contributed by atoms with Crippen molar-refractivity contribution >= 4 is 22.5 Å². The third-order valence-corrected chi connectivity index (χ3v) is 3.73. The zero-order valence-electron chi connectivity index (χ0n) is 12.1. The molecule has 5 nitrogen and oxygen atoms in total. The van der Waals surface area contributed by atoms with Gasteiger partial charge in [-0.3, -0.25) is 4.79 Å². The second kappa shape index (κ2) is 6.10. The third-order valence-electron chi connectivity index (χ3n) is 3.73. The summed E-state index contributed by atoms with van der Waals surface area (Å²) in [5, 5.41) is 7.03. The first kappa shape index (κ1) is 13.8. The van der Waals surface area contributed by atoms with E-state index in [0.29, 0.717) is 12.2 Å². The highest BCUT2D eigenvalue weighted by atomic mass is 16.5. The maximum Gasteiger partial charge on any atom is 0.270 e. The normalized spacial score (nSPS) is 17.9. The predicted molar refractivity (Wildman–Crippen MR) is 82.6 cm³/mol. The van der Waals surface area contributed by atoms with Gasteiger partial charge in [-0.15, -0.1) is 0 Å². The lowest BCUT2D eigenvalue weighted by Gasteiger charge is -2.12. The number of hydrogen-bond acceptors (Lipinski definition) is 4. The number of aromatic nitrogens is 1. The number of hydrogen-bond donors (Lipinski definition) is 2. The van der Waals surface area contributed by atoms with Gasteiger partial charge in [0.1, 0.15) is 5.69 Å². The van der Waals surface area contributed by atoms with Crippen molar-refractivity contribution in [3.63, 3.8) is 0 Å². The van der Waals surface area contributed by atoms with Gasteiger partial charge in [0, 0.05) is 31.3 Å². The van der Waals surface area contributed by atoms with Crippen LogP contribution in [0, 0.1) is 0 Å². The summed E-state index contributed by atoms with van der Waals surface area (Å²) in [7, 11) is 1.84. The molecule has 1 atom stereocenters. The van der Waals surface area contributed by atoms with E-state index in [-0.39, 0.29) is 12.0 Å². The smallest absolute Gasteiger partial charge is 0.270 e. The van der Waals surface area contributed by atoms with E-state index in [4.69, 9.17) is 4.74 Å². The summed E-state index contributed by atoms with van der Waals surface area (Å²) >= 11 is 0. The van der Waals surface area contributed by atoms with E-state index in [1.165, 1.54) is 0 Å². The van der Waals surface area contributed by atoms with Crippen molar-refractivity contribution in [2.45, 2.75) is 18.9 Å². The molecule has 2 aromatic rings. The first-order valence-corrected chi connectivity index (χ1v) is 7.25. The largest absolute Gasteiger partial charge is 0.388 e. The summed E-state index contributed by atoms with van der Waals surface area (Å²) in [5.41, 5.74) is 2.14. The van der Waals surface area contributed by atoms with Crippen LogP contribution in [0.2, 0.25) is 0 Å². The molecular weight excluding hydrogens is 266 g/mol. The van der Waals surface area contributed by atoms with Gasteiger partial charge in [-0.2, -0.15) is 0 Å². The summed E-state index contributed by atoms with van der Waals surface area (Å²) in [6, 6.07) is 9.56. The van der Waals surface area contributed by atoms with E-state index in [0.717, 1.165) is 36.0 Å². The molecule has 1 unspecified atom stereocenters. The summed E-state index contributed by atoms with van der Waals surface area (Å²) < 4.78 is 5.51. The Hall–Kier alpha value is -2.14.